The van der Waals surface area contributed by atoms with Gasteiger partial charge in [0.25, 0.3) is 0 Å². The summed E-state index contributed by atoms with van der Waals surface area (Å²) in [4.78, 5) is 13.5. The number of carbonyl (C=O) groups is 1. The lowest BCUT2D eigenvalue weighted by Crippen LogP contribution is -2.32. The summed E-state index contributed by atoms with van der Waals surface area (Å²) in [5, 5.41) is 8.93. The van der Waals surface area contributed by atoms with Crippen molar-refractivity contribution in [1.29, 1.82) is 5.26 Å². The molecule has 1 amide bonds. The first kappa shape index (κ1) is 11.6. The SMILES string of the molecule is CN(Cc1ccc(F)cc1)C(=O)C1(C#N)CC1. The number of hydrogen-bond donors (Lipinski definition) is 0. The van der Waals surface area contributed by atoms with Gasteiger partial charge in [-0.25, -0.2) is 4.39 Å². The second-order valence-corrected chi connectivity index (χ2v) is 4.48. The molecule has 0 saturated heterocycles. The highest BCUT2D eigenvalue weighted by Gasteiger charge is 2.51. The van der Waals surface area contributed by atoms with Crippen LogP contribution in [0.1, 0.15) is 18.4 Å². The lowest BCUT2D eigenvalue weighted by Gasteiger charge is -2.19. The first-order valence-corrected chi connectivity index (χ1v) is 5.49. The Kier molecular flexibility index (Phi) is 2.84. The van der Waals surface area contributed by atoms with Crippen molar-refractivity contribution in [3.05, 3.63) is 35.6 Å². The number of halogens is 1. The predicted molar refractivity (Wildman–Crippen MR) is 60.2 cm³/mol. The Morgan fingerprint density at radius 2 is 2.06 bits per heavy atom. The number of rotatable bonds is 3. The van der Waals surface area contributed by atoms with Crippen LogP contribution in [0.3, 0.4) is 0 Å². The molecule has 0 aliphatic heterocycles. The maximum atomic E-state index is 12.7. The molecule has 4 heteroatoms. The van der Waals surface area contributed by atoms with Crippen LogP contribution in [0.4, 0.5) is 4.39 Å². The number of benzene rings is 1. The largest absolute Gasteiger partial charge is 0.340 e. The van der Waals surface area contributed by atoms with Gasteiger partial charge >= 0.3 is 0 Å². The maximum absolute atomic E-state index is 12.7. The number of nitriles is 1. The molecule has 88 valence electrons. The van der Waals surface area contributed by atoms with Crippen LogP contribution < -0.4 is 0 Å². The van der Waals surface area contributed by atoms with E-state index in [4.69, 9.17) is 5.26 Å². The van der Waals surface area contributed by atoms with Crippen LogP contribution in [0, 0.1) is 22.6 Å². The fourth-order valence-corrected chi connectivity index (χ4v) is 1.80. The molecule has 17 heavy (non-hydrogen) atoms. The number of nitrogens with zero attached hydrogens (tertiary/aromatic N) is 2. The standard InChI is InChI=1S/C13H13FN2O/c1-16(12(17)13(9-15)6-7-13)8-10-2-4-11(14)5-3-10/h2-5H,6-8H2,1H3. The smallest absolute Gasteiger partial charge is 0.243 e. The fourth-order valence-electron chi connectivity index (χ4n) is 1.80. The third kappa shape index (κ3) is 2.28. The van der Waals surface area contributed by atoms with Crippen molar-refractivity contribution >= 4 is 5.91 Å². The van der Waals surface area contributed by atoms with E-state index in [9.17, 15) is 9.18 Å². The summed E-state index contributed by atoms with van der Waals surface area (Å²) in [6.07, 6.45) is 1.30. The molecule has 2 rings (SSSR count). The van der Waals surface area contributed by atoms with E-state index in [0.29, 0.717) is 19.4 Å². The van der Waals surface area contributed by atoms with Gasteiger partial charge in [0, 0.05) is 13.6 Å². The molecule has 1 aromatic rings. The molecule has 0 aromatic heterocycles. The zero-order chi connectivity index (χ0) is 12.5. The Morgan fingerprint density at radius 3 is 2.53 bits per heavy atom. The van der Waals surface area contributed by atoms with Gasteiger partial charge in [0.05, 0.1) is 6.07 Å². The first-order chi connectivity index (χ1) is 8.07. The summed E-state index contributed by atoms with van der Waals surface area (Å²) >= 11 is 0. The normalized spacial score (nSPS) is 16.1. The summed E-state index contributed by atoms with van der Waals surface area (Å²) in [7, 11) is 1.67. The summed E-state index contributed by atoms with van der Waals surface area (Å²) in [6, 6.07) is 8.10. The molecule has 0 spiro atoms. The van der Waals surface area contributed by atoms with Crippen LogP contribution >= 0.6 is 0 Å². The summed E-state index contributed by atoms with van der Waals surface area (Å²) in [5.41, 5.74) is 0.0744. The second kappa shape index (κ2) is 4.17. The molecule has 0 N–H and O–H groups in total. The maximum Gasteiger partial charge on any atom is 0.243 e. The predicted octanol–water partition coefficient (Wildman–Crippen LogP) is 2.09. The Hall–Kier alpha value is -1.89. The van der Waals surface area contributed by atoms with Crippen LogP contribution in [-0.4, -0.2) is 17.9 Å². The minimum atomic E-state index is -0.783. The highest BCUT2D eigenvalue weighted by atomic mass is 19.1. The molecule has 1 aromatic carbocycles. The van der Waals surface area contributed by atoms with E-state index in [0.717, 1.165) is 5.56 Å². The van der Waals surface area contributed by atoms with Crippen LogP contribution in [0.25, 0.3) is 0 Å². The van der Waals surface area contributed by atoms with E-state index >= 15 is 0 Å². The average Bonchev–Trinajstić information content (AvgIpc) is 3.12. The van der Waals surface area contributed by atoms with Gasteiger partial charge in [0.2, 0.25) is 5.91 Å². The number of amides is 1. The zero-order valence-corrected chi connectivity index (χ0v) is 9.61. The van der Waals surface area contributed by atoms with Crippen molar-refractivity contribution in [3.8, 4) is 6.07 Å². The van der Waals surface area contributed by atoms with Crippen LogP contribution in [0.2, 0.25) is 0 Å². The summed E-state index contributed by atoms with van der Waals surface area (Å²) < 4.78 is 12.7. The summed E-state index contributed by atoms with van der Waals surface area (Å²) in [5.74, 6) is -0.428. The van der Waals surface area contributed by atoms with Crippen LogP contribution in [0.5, 0.6) is 0 Å². The molecule has 3 nitrogen and oxygen atoms in total. The lowest BCUT2D eigenvalue weighted by atomic mass is 10.1. The molecule has 0 unspecified atom stereocenters. The Bertz CT molecular complexity index is 471. The van der Waals surface area contributed by atoms with E-state index < -0.39 is 5.41 Å². The molecular formula is C13H13FN2O. The van der Waals surface area contributed by atoms with Crippen molar-refractivity contribution in [3.63, 3.8) is 0 Å². The van der Waals surface area contributed by atoms with Crippen molar-refractivity contribution in [2.24, 2.45) is 5.41 Å². The minimum Gasteiger partial charge on any atom is -0.340 e. The number of carbonyl (C=O) groups excluding carboxylic acids is 1. The molecule has 1 aliphatic carbocycles. The average molecular weight is 232 g/mol. The lowest BCUT2D eigenvalue weighted by molar-refractivity contribution is -0.134. The first-order valence-electron chi connectivity index (χ1n) is 5.49. The highest BCUT2D eigenvalue weighted by molar-refractivity contribution is 5.88. The third-order valence-corrected chi connectivity index (χ3v) is 3.05. The van der Waals surface area contributed by atoms with Gasteiger partial charge in [-0.1, -0.05) is 12.1 Å². The van der Waals surface area contributed by atoms with Gasteiger partial charge < -0.3 is 4.90 Å². The minimum absolute atomic E-state index is 0.135. The molecule has 1 fully saturated rings. The topological polar surface area (TPSA) is 44.1 Å². The van der Waals surface area contributed by atoms with E-state index in [1.165, 1.54) is 17.0 Å². The van der Waals surface area contributed by atoms with E-state index in [-0.39, 0.29) is 11.7 Å². The molecular weight excluding hydrogens is 219 g/mol. The molecule has 1 saturated carbocycles. The van der Waals surface area contributed by atoms with Crippen LogP contribution in [-0.2, 0) is 11.3 Å². The van der Waals surface area contributed by atoms with E-state index in [1.807, 2.05) is 0 Å². The van der Waals surface area contributed by atoms with Crippen molar-refractivity contribution < 1.29 is 9.18 Å². The Morgan fingerprint density at radius 1 is 1.47 bits per heavy atom. The monoisotopic (exact) mass is 232 g/mol. The van der Waals surface area contributed by atoms with Gasteiger partial charge in [-0.2, -0.15) is 5.26 Å². The van der Waals surface area contributed by atoms with Crippen molar-refractivity contribution in [2.45, 2.75) is 19.4 Å². The van der Waals surface area contributed by atoms with Crippen molar-refractivity contribution in [2.75, 3.05) is 7.05 Å². The summed E-state index contributed by atoms with van der Waals surface area (Å²) in [6.45, 7) is 0.405. The molecule has 1 aliphatic rings. The quantitative estimate of drug-likeness (QED) is 0.801. The van der Waals surface area contributed by atoms with Gasteiger partial charge in [0.15, 0.2) is 0 Å². The Balaban J connectivity index is 2.02. The fraction of sp³-hybridized carbons (Fsp3) is 0.385. The van der Waals surface area contributed by atoms with E-state index in [2.05, 4.69) is 6.07 Å². The molecule has 0 heterocycles. The molecule has 0 atom stereocenters. The van der Waals surface area contributed by atoms with Crippen molar-refractivity contribution in [1.82, 2.24) is 4.90 Å². The third-order valence-electron chi connectivity index (χ3n) is 3.05. The molecule has 0 radical (unpaired) electrons. The number of hydrogen-bond acceptors (Lipinski definition) is 2. The van der Waals surface area contributed by atoms with Gasteiger partial charge in [-0.15, -0.1) is 0 Å². The Labute approximate surface area is 99.5 Å². The van der Waals surface area contributed by atoms with E-state index in [1.54, 1.807) is 19.2 Å². The van der Waals surface area contributed by atoms with Gasteiger partial charge in [-0.3, -0.25) is 4.79 Å². The van der Waals surface area contributed by atoms with Crippen LogP contribution in [0.15, 0.2) is 24.3 Å². The van der Waals surface area contributed by atoms with Gasteiger partial charge in [-0.05, 0) is 30.5 Å². The second-order valence-electron chi connectivity index (χ2n) is 4.48. The highest BCUT2D eigenvalue weighted by Crippen LogP contribution is 2.46. The van der Waals surface area contributed by atoms with Gasteiger partial charge in [0.1, 0.15) is 11.2 Å². The molecule has 0 bridgehead atoms. The zero-order valence-electron chi connectivity index (χ0n) is 9.61.